The van der Waals surface area contributed by atoms with Gasteiger partial charge in [0.15, 0.2) is 0 Å². The topological polar surface area (TPSA) is 68.0 Å². The maximum Gasteiger partial charge on any atom is 0.240 e. The molecular formula is C11H19N3OS. The summed E-state index contributed by atoms with van der Waals surface area (Å²) >= 11 is 1.55. The van der Waals surface area contributed by atoms with Gasteiger partial charge in [-0.2, -0.15) is 0 Å². The Morgan fingerprint density at radius 1 is 1.56 bits per heavy atom. The van der Waals surface area contributed by atoms with Crippen LogP contribution in [0.15, 0.2) is 5.51 Å². The number of aryl methyl sites for hydroxylation is 1. The van der Waals surface area contributed by atoms with Gasteiger partial charge in [0.25, 0.3) is 0 Å². The number of carbonyl (C=O) groups is 1. The van der Waals surface area contributed by atoms with E-state index in [2.05, 4.69) is 10.3 Å². The van der Waals surface area contributed by atoms with Crippen molar-refractivity contribution in [2.45, 2.75) is 45.7 Å². The average Bonchev–Trinajstić information content (AvgIpc) is 2.70. The summed E-state index contributed by atoms with van der Waals surface area (Å²) in [6, 6.07) is 0. The van der Waals surface area contributed by atoms with Crippen LogP contribution in [0.2, 0.25) is 0 Å². The second kappa shape index (κ2) is 5.41. The molecule has 1 aromatic rings. The number of hydrogen-bond acceptors (Lipinski definition) is 4. The van der Waals surface area contributed by atoms with Crippen molar-refractivity contribution in [2.24, 2.45) is 5.73 Å². The molecular weight excluding hydrogens is 222 g/mol. The quantitative estimate of drug-likeness (QED) is 0.822. The normalized spacial score (nSPS) is 11.5. The van der Waals surface area contributed by atoms with Crippen LogP contribution in [0.5, 0.6) is 0 Å². The first kappa shape index (κ1) is 13.1. The van der Waals surface area contributed by atoms with Crippen LogP contribution in [0.25, 0.3) is 0 Å². The highest BCUT2D eigenvalue weighted by atomic mass is 32.1. The van der Waals surface area contributed by atoms with Gasteiger partial charge in [0.1, 0.15) is 0 Å². The van der Waals surface area contributed by atoms with Crippen molar-refractivity contribution in [3.05, 3.63) is 16.1 Å². The minimum absolute atomic E-state index is 0.0784. The fraction of sp³-hybridized carbons (Fsp3) is 0.636. The average molecular weight is 241 g/mol. The molecule has 1 heterocycles. The molecule has 4 nitrogen and oxygen atoms in total. The predicted molar refractivity (Wildman–Crippen MR) is 66.2 cm³/mol. The van der Waals surface area contributed by atoms with E-state index >= 15 is 0 Å². The number of carbonyl (C=O) groups excluding carboxylic acids is 1. The Bertz CT molecular complexity index is 358. The van der Waals surface area contributed by atoms with Crippen molar-refractivity contribution in [1.82, 2.24) is 10.3 Å². The highest BCUT2D eigenvalue weighted by Crippen LogP contribution is 2.14. The number of thiazole rings is 1. The van der Waals surface area contributed by atoms with E-state index in [1.54, 1.807) is 16.8 Å². The van der Waals surface area contributed by atoms with Crippen LogP contribution in [0, 0.1) is 6.92 Å². The lowest BCUT2D eigenvalue weighted by Crippen LogP contribution is -2.52. The Hall–Kier alpha value is -0.940. The van der Waals surface area contributed by atoms with Crippen LogP contribution in [-0.2, 0) is 11.3 Å². The Kier molecular flexibility index (Phi) is 4.44. The molecule has 0 aliphatic rings. The summed E-state index contributed by atoms with van der Waals surface area (Å²) in [4.78, 5) is 17.1. The third-order valence-corrected chi connectivity index (χ3v) is 3.90. The molecule has 0 aromatic carbocycles. The lowest BCUT2D eigenvalue weighted by Gasteiger charge is -2.25. The van der Waals surface area contributed by atoms with Gasteiger partial charge in [-0.3, -0.25) is 4.79 Å². The maximum absolute atomic E-state index is 11.9. The molecule has 0 radical (unpaired) electrons. The van der Waals surface area contributed by atoms with Crippen LogP contribution < -0.4 is 11.1 Å². The summed E-state index contributed by atoms with van der Waals surface area (Å²) in [6.07, 6.45) is 1.30. The molecule has 5 heteroatoms. The largest absolute Gasteiger partial charge is 0.350 e. The van der Waals surface area contributed by atoms with Gasteiger partial charge >= 0.3 is 0 Å². The molecule has 0 aliphatic heterocycles. The summed E-state index contributed by atoms with van der Waals surface area (Å²) in [5.41, 5.74) is 8.01. The molecule has 0 atom stereocenters. The summed E-state index contributed by atoms with van der Waals surface area (Å²) in [6.45, 7) is 6.32. The van der Waals surface area contributed by atoms with Crippen molar-refractivity contribution in [3.63, 3.8) is 0 Å². The zero-order chi connectivity index (χ0) is 12.2. The molecule has 0 saturated heterocycles. The van der Waals surface area contributed by atoms with E-state index in [0.29, 0.717) is 19.4 Å². The molecule has 1 aromatic heterocycles. The zero-order valence-corrected chi connectivity index (χ0v) is 10.9. The van der Waals surface area contributed by atoms with Crippen molar-refractivity contribution in [2.75, 3.05) is 0 Å². The van der Waals surface area contributed by atoms with E-state index in [-0.39, 0.29) is 5.91 Å². The second-order valence-electron chi connectivity index (χ2n) is 3.91. The van der Waals surface area contributed by atoms with Gasteiger partial charge in [-0.1, -0.05) is 13.8 Å². The van der Waals surface area contributed by atoms with Gasteiger partial charge in [0, 0.05) is 4.88 Å². The monoisotopic (exact) mass is 241 g/mol. The first-order valence-electron chi connectivity index (χ1n) is 5.49. The summed E-state index contributed by atoms with van der Waals surface area (Å²) < 4.78 is 0. The summed E-state index contributed by atoms with van der Waals surface area (Å²) in [5, 5.41) is 2.87. The van der Waals surface area contributed by atoms with Crippen LogP contribution >= 0.6 is 11.3 Å². The molecule has 1 rings (SSSR count). The Morgan fingerprint density at radius 3 is 2.62 bits per heavy atom. The molecule has 0 fully saturated rings. The van der Waals surface area contributed by atoms with Gasteiger partial charge in [-0.15, -0.1) is 11.3 Å². The maximum atomic E-state index is 11.9. The molecule has 0 unspecified atom stereocenters. The van der Waals surface area contributed by atoms with Crippen LogP contribution in [0.3, 0.4) is 0 Å². The molecule has 16 heavy (non-hydrogen) atoms. The Labute approximate surface area is 100 Å². The number of hydrogen-bond donors (Lipinski definition) is 2. The Balaban J connectivity index is 2.56. The van der Waals surface area contributed by atoms with Gasteiger partial charge in [-0.25, -0.2) is 4.98 Å². The number of amides is 1. The third kappa shape index (κ3) is 2.80. The fourth-order valence-corrected chi connectivity index (χ4v) is 2.12. The first-order valence-corrected chi connectivity index (χ1v) is 6.37. The summed E-state index contributed by atoms with van der Waals surface area (Å²) in [7, 11) is 0. The number of nitrogens with two attached hydrogens (primary N) is 1. The molecule has 90 valence electrons. The second-order valence-corrected chi connectivity index (χ2v) is 4.85. The van der Waals surface area contributed by atoms with Gasteiger partial charge < -0.3 is 11.1 Å². The smallest absolute Gasteiger partial charge is 0.240 e. The van der Waals surface area contributed by atoms with E-state index in [0.717, 1.165) is 10.6 Å². The van der Waals surface area contributed by atoms with Gasteiger partial charge in [-0.05, 0) is 19.8 Å². The predicted octanol–water partition coefficient (Wildman–Crippen LogP) is 1.59. The standard InChI is InChI=1S/C11H19N3OS/c1-4-11(12,5-2)10(15)13-6-9-8(3)14-7-16-9/h7H,4-6,12H2,1-3H3,(H,13,15). The highest BCUT2D eigenvalue weighted by molar-refractivity contribution is 7.09. The van der Waals surface area contributed by atoms with E-state index in [9.17, 15) is 4.79 Å². The third-order valence-electron chi connectivity index (χ3n) is 2.97. The SMILES string of the molecule is CCC(N)(CC)C(=O)NCc1scnc1C. The molecule has 3 N–H and O–H groups in total. The van der Waals surface area contributed by atoms with Crippen molar-refractivity contribution >= 4 is 17.2 Å². The highest BCUT2D eigenvalue weighted by Gasteiger charge is 2.29. The molecule has 0 spiro atoms. The number of nitrogens with one attached hydrogen (secondary N) is 1. The number of rotatable bonds is 5. The van der Waals surface area contributed by atoms with Crippen molar-refractivity contribution in [1.29, 1.82) is 0 Å². The van der Waals surface area contributed by atoms with Gasteiger partial charge in [0.05, 0.1) is 23.3 Å². The lowest BCUT2D eigenvalue weighted by molar-refractivity contribution is -0.126. The summed E-state index contributed by atoms with van der Waals surface area (Å²) in [5.74, 6) is -0.0784. The van der Waals surface area contributed by atoms with E-state index in [1.807, 2.05) is 20.8 Å². The Morgan fingerprint density at radius 2 is 2.19 bits per heavy atom. The van der Waals surface area contributed by atoms with Crippen LogP contribution in [0.1, 0.15) is 37.3 Å². The molecule has 1 amide bonds. The lowest BCUT2D eigenvalue weighted by atomic mass is 9.93. The van der Waals surface area contributed by atoms with Crippen molar-refractivity contribution in [3.8, 4) is 0 Å². The van der Waals surface area contributed by atoms with Crippen molar-refractivity contribution < 1.29 is 4.79 Å². The van der Waals surface area contributed by atoms with Gasteiger partial charge in [0.2, 0.25) is 5.91 Å². The first-order chi connectivity index (χ1) is 7.53. The van der Waals surface area contributed by atoms with Crippen LogP contribution in [0.4, 0.5) is 0 Å². The van der Waals surface area contributed by atoms with E-state index < -0.39 is 5.54 Å². The van der Waals surface area contributed by atoms with Crippen LogP contribution in [-0.4, -0.2) is 16.4 Å². The minimum Gasteiger partial charge on any atom is -0.350 e. The molecule has 0 aliphatic carbocycles. The van der Waals surface area contributed by atoms with E-state index in [1.165, 1.54) is 0 Å². The molecule has 0 bridgehead atoms. The number of aromatic nitrogens is 1. The number of nitrogens with zero attached hydrogens (tertiary/aromatic N) is 1. The van der Waals surface area contributed by atoms with E-state index in [4.69, 9.17) is 5.73 Å². The molecule has 0 saturated carbocycles. The minimum atomic E-state index is -0.738. The zero-order valence-electron chi connectivity index (χ0n) is 10.0. The fourth-order valence-electron chi connectivity index (χ4n) is 1.40.